The number of hydrogen-bond acceptors (Lipinski definition) is 3. The van der Waals surface area contributed by atoms with Gasteiger partial charge in [0.05, 0.1) is 5.56 Å². The van der Waals surface area contributed by atoms with Crippen LogP contribution >= 0.6 is 39.1 Å². The lowest BCUT2D eigenvalue weighted by Gasteiger charge is -2.27. The SMILES string of the molecule is Clc1nc(N2CCCCC2)nc(Cl)c1-c1cccc(Br)c1. The molecule has 3 rings (SSSR count). The molecule has 21 heavy (non-hydrogen) atoms. The van der Waals surface area contributed by atoms with E-state index in [0.717, 1.165) is 36.0 Å². The molecule has 0 amide bonds. The summed E-state index contributed by atoms with van der Waals surface area (Å²) in [5.74, 6) is 0.628. The molecule has 0 bridgehead atoms. The normalized spacial score (nSPS) is 15.3. The van der Waals surface area contributed by atoms with Crippen molar-refractivity contribution in [1.82, 2.24) is 9.97 Å². The van der Waals surface area contributed by atoms with Crippen molar-refractivity contribution in [2.45, 2.75) is 19.3 Å². The summed E-state index contributed by atoms with van der Waals surface area (Å²) in [6, 6.07) is 7.79. The summed E-state index contributed by atoms with van der Waals surface area (Å²) >= 11 is 16.2. The van der Waals surface area contributed by atoms with E-state index in [2.05, 4.69) is 30.8 Å². The topological polar surface area (TPSA) is 29.0 Å². The predicted octanol–water partition coefficient (Wildman–Crippen LogP) is 5.20. The van der Waals surface area contributed by atoms with Gasteiger partial charge in [0.1, 0.15) is 10.3 Å². The number of piperidine rings is 1. The Bertz CT molecular complexity index is 634. The molecule has 0 atom stereocenters. The molecule has 0 N–H and O–H groups in total. The van der Waals surface area contributed by atoms with Crippen molar-refractivity contribution in [2.75, 3.05) is 18.0 Å². The first-order chi connectivity index (χ1) is 10.1. The van der Waals surface area contributed by atoms with Crippen LogP contribution in [0.15, 0.2) is 28.7 Å². The number of hydrogen-bond donors (Lipinski definition) is 0. The maximum atomic E-state index is 6.36. The molecule has 2 aromatic rings. The van der Waals surface area contributed by atoms with Crippen LogP contribution in [0.2, 0.25) is 10.3 Å². The quantitative estimate of drug-likeness (QED) is 0.664. The third-order valence-corrected chi connectivity index (χ3v) is 4.60. The van der Waals surface area contributed by atoms with Crippen LogP contribution in [0.25, 0.3) is 11.1 Å². The van der Waals surface area contributed by atoms with Crippen LogP contribution in [0.4, 0.5) is 5.95 Å². The molecule has 3 nitrogen and oxygen atoms in total. The number of benzene rings is 1. The second kappa shape index (κ2) is 6.51. The number of halogens is 3. The van der Waals surface area contributed by atoms with Gasteiger partial charge in [-0.1, -0.05) is 51.3 Å². The Morgan fingerprint density at radius 1 is 1.00 bits per heavy atom. The van der Waals surface area contributed by atoms with Crippen molar-refractivity contribution in [3.63, 3.8) is 0 Å². The Kier molecular flexibility index (Phi) is 4.67. The van der Waals surface area contributed by atoms with Gasteiger partial charge in [-0.3, -0.25) is 0 Å². The van der Waals surface area contributed by atoms with E-state index in [1.54, 1.807) is 0 Å². The van der Waals surface area contributed by atoms with E-state index < -0.39 is 0 Å². The number of anilines is 1. The Balaban J connectivity index is 2.00. The first-order valence-electron chi connectivity index (χ1n) is 6.89. The predicted molar refractivity (Wildman–Crippen MR) is 91.3 cm³/mol. The third kappa shape index (κ3) is 3.33. The van der Waals surface area contributed by atoms with Crippen LogP contribution in [0.1, 0.15) is 19.3 Å². The highest BCUT2D eigenvalue weighted by Crippen LogP contribution is 2.35. The number of rotatable bonds is 2. The van der Waals surface area contributed by atoms with E-state index in [4.69, 9.17) is 23.2 Å². The van der Waals surface area contributed by atoms with Crippen molar-refractivity contribution < 1.29 is 0 Å². The van der Waals surface area contributed by atoms with E-state index in [9.17, 15) is 0 Å². The minimum Gasteiger partial charge on any atom is -0.341 e. The van der Waals surface area contributed by atoms with E-state index in [0.29, 0.717) is 21.8 Å². The van der Waals surface area contributed by atoms with Crippen molar-refractivity contribution in [1.29, 1.82) is 0 Å². The van der Waals surface area contributed by atoms with Crippen LogP contribution in [0.3, 0.4) is 0 Å². The summed E-state index contributed by atoms with van der Waals surface area (Å²) in [6.45, 7) is 1.92. The molecule has 1 saturated heterocycles. The molecule has 0 radical (unpaired) electrons. The lowest BCUT2D eigenvalue weighted by molar-refractivity contribution is 0.568. The van der Waals surface area contributed by atoms with E-state index in [1.165, 1.54) is 6.42 Å². The molecule has 0 aliphatic carbocycles. The lowest BCUT2D eigenvalue weighted by Crippen LogP contribution is -2.31. The average Bonchev–Trinajstić information content (AvgIpc) is 2.47. The highest BCUT2D eigenvalue weighted by atomic mass is 79.9. The van der Waals surface area contributed by atoms with Crippen LogP contribution in [0.5, 0.6) is 0 Å². The van der Waals surface area contributed by atoms with Gasteiger partial charge in [0.2, 0.25) is 5.95 Å². The summed E-state index contributed by atoms with van der Waals surface area (Å²) in [5.41, 5.74) is 1.59. The third-order valence-electron chi connectivity index (χ3n) is 3.56. The van der Waals surface area contributed by atoms with Gasteiger partial charge >= 0.3 is 0 Å². The summed E-state index contributed by atoms with van der Waals surface area (Å²) in [6.07, 6.45) is 3.58. The fraction of sp³-hybridized carbons (Fsp3) is 0.333. The summed E-state index contributed by atoms with van der Waals surface area (Å²) in [4.78, 5) is 11.0. The molecule has 6 heteroatoms. The van der Waals surface area contributed by atoms with Gasteiger partial charge in [0, 0.05) is 17.6 Å². The molecular formula is C15H14BrCl2N3. The average molecular weight is 387 g/mol. The van der Waals surface area contributed by atoms with E-state index >= 15 is 0 Å². The molecule has 0 saturated carbocycles. The van der Waals surface area contributed by atoms with Gasteiger partial charge in [-0.25, -0.2) is 9.97 Å². The Hall–Kier alpha value is -0.840. The van der Waals surface area contributed by atoms with E-state index in [1.807, 2.05) is 24.3 Å². The van der Waals surface area contributed by atoms with Crippen molar-refractivity contribution in [3.8, 4) is 11.1 Å². The monoisotopic (exact) mass is 385 g/mol. The molecule has 0 spiro atoms. The summed E-state index contributed by atoms with van der Waals surface area (Å²) in [7, 11) is 0. The Morgan fingerprint density at radius 2 is 1.67 bits per heavy atom. The van der Waals surface area contributed by atoms with Gasteiger partial charge < -0.3 is 4.90 Å². The maximum absolute atomic E-state index is 6.36. The highest BCUT2D eigenvalue weighted by Gasteiger charge is 2.19. The van der Waals surface area contributed by atoms with Gasteiger partial charge in [-0.2, -0.15) is 0 Å². The summed E-state index contributed by atoms with van der Waals surface area (Å²) < 4.78 is 0.965. The van der Waals surface area contributed by atoms with E-state index in [-0.39, 0.29) is 0 Å². The minimum absolute atomic E-state index is 0.397. The van der Waals surface area contributed by atoms with Crippen molar-refractivity contribution in [2.24, 2.45) is 0 Å². The van der Waals surface area contributed by atoms with Gasteiger partial charge in [0.25, 0.3) is 0 Å². The smallest absolute Gasteiger partial charge is 0.228 e. The summed E-state index contributed by atoms with van der Waals surface area (Å²) in [5, 5.41) is 0.794. The zero-order valence-corrected chi connectivity index (χ0v) is 14.4. The second-order valence-electron chi connectivity index (χ2n) is 5.04. The molecule has 1 aliphatic heterocycles. The largest absolute Gasteiger partial charge is 0.341 e. The standard InChI is InChI=1S/C15H14BrCl2N3/c16-11-6-4-5-10(9-11)12-13(17)19-15(20-14(12)18)21-7-2-1-3-8-21/h4-6,9H,1-3,7-8H2. The van der Waals surface area contributed by atoms with Gasteiger partial charge in [-0.15, -0.1) is 0 Å². The first-order valence-corrected chi connectivity index (χ1v) is 8.44. The molecule has 1 aromatic heterocycles. The Labute approximate surface area is 142 Å². The molecule has 0 unspecified atom stereocenters. The highest BCUT2D eigenvalue weighted by molar-refractivity contribution is 9.10. The fourth-order valence-corrected chi connectivity index (χ4v) is 3.51. The lowest BCUT2D eigenvalue weighted by atomic mass is 10.1. The van der Waals surface area contributed by atoms with Crippen LogP contribution in [-0.2, 0) is 0 Å². The van der Waals surface area contributed by atoms with Crippen molar-refractivity contribution in [3.05, 3.63) is 39.0 Å². The molecule has 2 heterocycles. The van der Waals surface area contributed by atoms with Crippen molar-refractivity contribution >= 4 is 45.1 Å². The number of nitrogens with zero attached hydrogens (tertiary/aromatic N) is 3. The fourth-order valence-electron chi connectivity index (χ4n) is 2.52. The Morgan fingerprint density at radius 3 is 2.29 bits per heavy atom. The van der Waals surface area contributed by atoms with Crippen LogP contribution < -0.4 is 4.90 Å². The second-order valence-corrected chi connectivity index (χ2v) is 6.67. The van der Waals surface area contributed by atoms with Crippen LogP contribution in [-0.4, -0.2) is 23.1 Å². The minimum atomic E-state index is 0.397. The van der Waals surface area contributed by atoms with Gasteiger partial charge in [-0.05, 0) is 37.0 Å². The molecule has 1 aromatic carbocycles. The molecule has 1 aliphatic rings. The zero-order chi connectivity index (χ0) is 14.8. The molecule has 110 valence electrons. The zero-order valence-electron chi connectivity index (χ0n) is 11.3. The maximum Gasteiger partial charge on any atom is 0.228 e. The van der Waals surface area contributed by atoms with Gasteiger partial charge in [0.15, 0.2) is 0 Å². The van der Waals surface area contributed by atoms with Crippen LogP contribution in [0, 0.1) is 0 Å². The number of aromatic nitrogens is 2. The molecular weight excluding hydrogens is 373 g/mol. The molecule has 1 fully saturated rings. The first kappa shape index (κ1) is 15.1.